The van der Waals surface area contributed by atoms with Gasteiger partial charge in [0.15, 0.2) is 0 Å². The molecule has 1 amide bonds. The minimum Gasteiger partial charge on any atom is -0.328 e. The average Bonchev–Trinajstić information content (AvgIpc) is 2.63. The molecule has 1 aliphatic carbocycles. The van der Waals surface area contributed by atoms with Crippen molar-refractivity contribution in [1.82, 2.24) is 4.90 Å². The van der Waals surface area contributed by atoms with Gasteiger partial charge in [0.05, 0.1) is 6.04 Å². The van der Waals surface area contributed by atoms with Crippen molar-refractivity contribution in [3.05, 3.63) is 69.2 Å². The molecule has 1 fully saturated rings. The molecule has 1 aliphatic heterocycles. The van der Waals surface area contributed by atoms with Crippen molar-refractivity contribution >= 4 is 29.1 Å². The second-order valence-corrected chi connectivity index (χ2v) is 8.43. The number of benzene rings is 2. The fraction of sp³-hybridized carbons (Fsp3) is 0.409. The molecule has 0 unspecified atom stereocenters. The summed E-state index contributed by atoms with van der Waals surface area (Å²) < 4.78 is 0. The lowest BCUT2D eigenvalue weighted by atomic mass is 9.80. The Bertz CT molecular complexity index is 835. The van der Waals surface area contributed by atoms with Crippen molar-refractivity contribution in [1.29, 1.82) is 0 Å². The van der Waals surface area contributed by atoms with E-state index in [9.17, 15) is 4.79 Å². The highest BCUT2D eigenvalue weighted by Gasteiger charge is 2.40. The first kappa shape index (κ1) is 17.9. The number of nitrogens with zero attached hydrogens (tertiary/aromatic N) is 1. The lowest BCUT2D eigenvalue weighted by Gasteiger charge is -2.46. The molecule has 2 aromatic rings. The van der Waals surface area contributed by atoms with E-state index in [1.807, 2.05) is 30.3 Å². The van der Waals surface area contributed by atoms with Crippen LogP contribution in [0.4, 0.5) is 0 Å². The number of fused-ring (bicyclic) bond motifs is 1. The second-order valence-electron chi connectivity index (χ2n) is 7.58. The van der Waals surface area contributed by atoms with E-state index in [0.29, 0.717) is 16.0 Å². The molecule has 4 rings (SSSR count). The molecule has 136 valence electrons. The van der Waals surface area contributed by atoms with Crippen LogP contribution in [-0.2, 0) is 6.42 Å². The van der Waals surface area contributed by atoms with Crippen LogP contribution < -0.4 is 0 Å². The zero-order valence-electron chi connectivity index (χ0n) is 14.9. The van der Waals surface area contributed by atoms with E-state index in [4.69, 9.17) is 23.2 Å². The molecular weight excluding hydrogens is 365 g/mol. The van der Waals surface area contributed by atoms with Crippen molar-refractivity contribution in [2.24, 2.45) is 5.92 Å². The predicted octanol–water partition coefficient (Wildman–Crippen LogP) is 6.31. The van der Waals surface area contributed by atoms with Crippen molar-refractivity contribution in [3.8, 4) is 0 Å². The first-order chi connectivity index (χ1) is 12.6. The summed E-state index contributed by atoms with van der Waals surface area (Å²) >= 11 is 12.7. The van der Waals surface area contributed by atoms with Crippen LogP contribution in [0, 0.1) is 5.92 Å². The van der Waals surface area contributed by atoms with Gasteiger partial charge in [0.1, 0.15) is 0 Å². The fourth-order valence-corrected chi connectivity index (χ4v) is 5.15. The van der Waals surface area contributed by atoms with E-state index in [1.165, 1.54) is 19.3 Å². The van der Waals surface area contributed by atoms with Crippen molar-refractivity contribution in [2.75, 3.05) is 0 Å². The third-order valence-electron chi connectivity index (χ3n) is 5.98. The number of amides is 1. The van der Waals surface area contributed by atoms with Gasteiger partial charge in [0, 0.05) is 21.7 Å². The van der Waals surface area contributed by atoms with E-state index < -0.39 is 0 Å². The van der Waals surface area contributed by atoms with Crippen LogP contribution >= 0.6 is 23.2 Å². The van der Waals surface area contributed by atoms with Gasteiger partial charge < -0.3 is 4.90 Å². The number of rotatable bonds is 2. The Labute approximate surface area is 165 Å². The topological polar surface area (TPSA) is 20.3 Å². The SMILES string of the molecule is C[C@H]1CCCC[C@@H]1N1C(=O)c2ccccc2C[C@@H]1c1ccc(Cl)cc1Cl. The molecular formula is C22H23Cl2NO. The molecule has 0 aromatic heterocycles. The van der Waals surface area contributed by atoms with E-state index in [2.05, 4.69) is 17.9 Å². The Morgan fingerprint density at radius 3 is 2.58 bits per heavy atom. The van der Waals surface area contributed by atoms with Crippen molar-refractivity contribution in [2.45, 2.75) is 51.1 Å². The van der Waals surface area contributed by atoms with Crippen molar-refractivity contribution in [3.63, 3.8) is 0 Å². The summed E-state index contributed by atoms with van der Waals surface area (Å²) in [6.45, 7) is 2.28. The Morgan fingerprint density at radius 1 is 1.04 bits per heavy atom. The average molecular weight is 388 g/mol. The van der Waals surface area contributed by atoms with Gasteiger partial charge in [-0.2, -0.15) is 0 Å². The molecule has 4 heteroatoms. The van der Waals surface area contributed by atoms with Gasteiger partial charge in [0.2, 0.25) is 0 Å². The number of hydrogen-bond acceptors (Lipinski definition) is 1. The zero-order chi connectivity index (χ0) is 18.3. The third kappa shape index (κ3) is 3.14. The first-order valence-electron chi connectivity index (χ1n) is 9.42. The molecule has 0 saturated heterocycles. The normalized spacial score (nSPS) is 25.9. The monoisotopic (exact) mass is 387 g/mol. The van der Waals surface area contributed by atoms with Gasteiger partial charge >= 0.3 is 0 Å². The molecule has 2 nitrogen and oxygen atoms in total. The van der Waals surface area contributed by atoms with E-state index in [0.717, 1.165) is 29.5 Å². The molecule has 0 bridgehead atoms. The Hall–Kier alpha value is -1.51. The highest BCUT2D eigenvalue weighted by molar-refractivity contribution is 6.35. The summed E-state index contributed by atoms with van der Waals surface area (Å²) in [5, 5.41) is 1.27. The van der Waals surface area contributed by atoms with Gasteiger partial charge in [-0.1, -0.05) is 67.2 Å². The van der Waals surface area contributed by atoms with Gasteiger partial charge in [-0.05, 0) is 54.5 Å². The molecule has 0 radical (unpaired) electrons. The molecule has 2 aliphatic rings. The minimum atomic E-state index is -0.0345. The summed E-state index contributed by atoms with van der Waals surface area (Å²) in [5.74, 6) is 0.646. The van der Waals surface area contributed by atoms with Gasteiger partial charge in [-0.3, -0.25) is 4.79 Å². The number of halogens is 2. The van der Waals surface area contributed by atoms with E-state index in [1.54, 1.807) is 6.07 Å². The maximum Gasteiger partial charge on any atom is 0.254 e. The van der Waals surface area contributed by atoms with Crippen LogP contribution in [0.25, 0.3) is 0 Å². The van der Waals surface area contributed by atoms with E-state index in [-0.39, 0.29) is 18.0 Å². The zero-order valence-corrected chi connectivity index (χ0v) is 16.4. The van der Waals surface area contributed by atoms with Crippen LogP contribution in [0.15, 0.2) is 42.5 Å². The van der Waals surface area contributed by atoms with Crippen LogP contribution in [0.5, 0.6) is 0 Å². The summed E-state index contributed by atoms with van der Waals surface area (Å²) in [6.07, 6.45) is 5.48. The molecule has 1 heterocycles. The quantitative estimate of drug-likeness (QED) is 0.590. The number of hydrogen-bond donors (Lipinski definition) is 0. The van der Waals surface area contributed by atoms with Gasteiger partial charge in [0.25, 0.3) is 5.91 Å². The second kappa shape index (κ2) is 7.25. The lowest BCUT2D eigenvalue weighted by molar-refractivity contribution is 0.0367. The smallest absolute Gasteiger partial charge is 0.254 e. The summed E-state index contributed by atoms with van der Waals surface area (Å²) in [7, 11) is 0. The van der Waals surface area contributed by atoms with Gasteiger partial charge in [-0.15, -0.1) is 0 Å². The predicted molar refractivity (Wildman–Crippen MR) is 107 cm³/mol. The Kier molecular flexibility index (Phi) is 4.98. The minimum absolute atomic E-state index is 0.0345. The lowest BCUT2D eigenvalue weighted by Crippen LogP contribution is -2.50. The fourth-order valence-electron chi connectivity index (χ4n) is 4.62. The van der Waals surface area contributed by atoms with Crippen molar-refractivity contribution < 1.29 is 4.79 Å². The largest absolute Gasteiger partial charge is 0.328 e. The standard InChI is InChI=1S/C22H23Cl2NO/c1-14-6-2-5-9-20(14)25-21(18-11-10-16(23)13-19(18)24)12-15-7-3-4-8-17(15)22(25)26/h3-4,7-8,10-11,13-14,20-21H,2,5-6,9,12H2,1H3/t14-,20-,21+/m0/s1. The maximum atomic E-state index is 13.5. The molecule has 0 N–H and O–H groups in total. The maximum absolute atomic E-state index is 13.5. The highest BCUT2D eigenvalue weighted by atomic mass is 35.5. The number of carbonyl (C=O) groups is 1. The summed E-state index contributed by atoms with van der Waals surface area (Å²) in [4.78, 5) is 15.6. The van der Waals surface area contributed by atoms with Crippen LogP contribution in [-0.4, -0.2) is 16.8 Å². The molecule has 0 spiro atoms. The molecule has 3 atom stereocenters. The third-order valence-corrected chi connectivity index (χ3v) is 6.54. The van der Waals surface area contributed by atoms with Gasteiger partial charge in [-0.25, -0.2) is 0 Å². The van der Waals surface area contributed by atoms with Crippen LogP contribution in [0.1, 0.15) is 60.1 Å². The molecule has 1 saturated carbocycles. The van der Waals surface area contributed by atoms with Crippen LogP contribution in [0.2, 0.25) is 10.0 Å². The summed E-state index contributed by atoms with van der Waals surface area (Å²) in [5.41, 5.74) is 2.94. The Morgan fingerprint density at radius 2 is 1.81 bits per heavy atom. The highest BCUT2D eigenvalue weighted by Crippen LogP contribution is 2.42. The first-order valence-corrected chi connectivity index (χ1v) is 10.2. The van der Waals surface area contributed by atoms with Crippen LogP contribution in [0.3, 0.4) is 0 Å². The Balaban J connectivity index is 1.82. The number of carbonyl (C=O) groups excluding carboxylic acids is 1. The molecule has 2 aromatic carbocycles. The van der Waals surface area contributed by atoms with E-state index >= 15 is 0 Å². The molecule has 26 heavy (non-hydrogen) atoms. The summed E-state index contributed by atoms with van der Waals surface area (Å²) in [6, 6.07) is 13.8.